The maximum Gasteiger partial charge on any atom is 0.271 e. The van der Waals surface area contributed by atoms with Crippen LogP contribution in [0.3, 0.4) is 0 Å². The molecule has 0 saturated carbocycles. The normalized spacial score (nSPS) is 15.0. The van der Waals surface area contributed by atoms with E-state index >= 15 is 0 Å². The van der Waals surface area contributed by atoms with Crippen molar-refractivity contribution in [3.05, 3.63) is 70.8 Å². The van der Waals surface area contributed by atoms with Gasteiger partial charge in [0.05, 0.1) is 10.6 Å². The van der Waals surface area contributed by atoms with Crippen LogP contribution in [0.5, 0.6) is 0 Å². The van der Waals surface area contributed by atoms with Crippen LogP contribution in [0.25, 0.3) is 0 Å². The Morgan fingerprint density at radius 1 is 1.13 bits per heavy atom. The van der Waals surface area contributed by atoms with E-state index in [4.69, 9.17) is 11.6 Å². The van der Waals surface area contributed by atoms with Crippen LogP contribution in [0.1, 0.15) is 55.8 Å². The van der Waals surface area contributed by atoms with Crippen molar-refractivity contribution < 1.29 is 13.2 Å². The number of carbonyl (C=O) groups is 1. The van der Waals surface area contributed by atoms with Gasteiger partial charge in [0.15, 0.2) is 0 Å². The summed E-state index contributed by atoms with van der Waals surface area (Å²) in [6.07, 6.45) is 8.31. The molecule has 0 saturated heterocycles. The first-order chi connectivity index (χ1) is 14.9. The first-order valence-corrected chi connectivity index (χ1v) is 12.2. The molecule has 0 atom stereocenters. The Morgan fingerprint density at radius 2 is 1.90 bits per heavy atom. The monoisotopic (exact) mass is 459 g/mol. The SMILES string of the molecule is CCCCCC1=CCCC1=NNC(=O)c1cccc(S(=O)(=O)Nc2ccc(Cl)cc2)c1. The van der Waals surface area contributed by atoms with E-state index in [-0.39, 0.29) is 10.5 Å². The van der Waals surface area contributed by atoms with Gasteiger partial charge in [0, 0.05) is 16.3 Å². The lowest BCUT2D eigenvalue weighted by Crippen LogP contribution is -2.20. The summed E-state index contributed by atoms with van der Waals surface area (Å²) in [5.74, 6) is -0.448. The number of hydrogen-bond donors (Lipinski definition) is 2. The Labute approximate surface area is 188 Å². The van der Waals surface area contributed by atoms with Crippen LogP contribution in [-0.4, -0.2) is 20.0 Å². The second-order valence-corrected chi connectivity index (χ2v) is 9.48. The third kappa shape index (κ3) is 6.42. The van der Waals surface area contributed by atoms with Crippen molar-refractivity contribution in [1.29, 1.82) is 0 Å². The minimum Gasteiger partial charge on any atom is -0.280 e. The first-order valence-electron chi connectivity index (χ1n) is 10.3. The lowest BCUT2D eigenvalue weighted by Gasteiger charge is -2.10. The maximum absolute atomic E-state index is 12.7. The minimum absolute atomic E-state index is 0.0104. The van der Waals surface area contributed by atoms with Crippen molar-refractivity contribution in [2.24, 2.45) is 5.10 Å². The highest BCUT2D eigenvalue weighted by atomic mass is 35.5. The molecule has 0 unspecified atom stereocenters. The van der Waals surface area contributed by atoms with Gasteiger partial charge in [-0.2, -0.15) is 5.10 Å². The van der Waals surface area contributed by atoms with Gasteiger partial charge in [-0.1, -0.05) is 43.5 Å². The fraction of sp³-hybridized carbons (Fsp3) is 0.304. The maximum atomic E-state index is 12.7. The fourth-order valence-corrected chi connectivity index (χ4v) is 4.55. The smallest absolute Gasteiger partial charge is 0.271 e. The lowest BCUT2D eigenvalue weighted by molar-refractivity contribution is 0.0954. The van der Waals surface area contributed by atoms with Crippen molar-refractivity contribution >= 4 is 38.9 Å². The van der Waals surface area contributed by atoms with E-state index in [0.717, 1.165) is 37.8 Å². The third-order valence-electron chi connectivity index (χ3n) is 4.99. The number of halogens is 1. The molecular formula is C23H26ClN3O3S. The third-order valence-corrected chi connectivity index (χ3v) is 6.62. The van der Waals surface area contributed by atoms with E-state index in [1.807, 2.05) is 0 Å². The number of carbonyl (C=O) groups excluding carboxylic acids is 1. The quantitative estimate of drug-likeness (QED) is 0.382. The fourth-order valence-electron chi connectivity index (χ4n) is 3.32. The zero-order valence-electron chi connectivity index (χ0n) is 17.4. The van der Waals surface area contributed by atoms with Crippen molar-refractivity contribution in [2.75, 3.05) is 4.72 Å². The molecule has 2 aromatic rings. The Kier molecular flexibility index (Phi) is 7.87. The molecule has 0 fully saturated rings. The largest absolute Gasteiger partial charge is 0.280 e. The molecule has 0 spiro atoms. The number of hydrazone groups is 1. The van der Waals surface area contributed by atoms with Crippen LogP contribution in [0, 0.1) is 0 Å². The molecule has 2 N–H and O–H groups in total. The lowest BCUT2D eigenvalue weighted by atomic mass is 10.1. The molecule has 2 aromatic carbocycles. The Bertz CT molecular complexity index is 1090. The number of benzene rings is 2. The molecule has 0 radical (unpaired) electrons. The molecule has 1 aliphatic rings. The highest BCUT2D eigenvalue weighted by Gasteiger charge is 2.17. The molecule has 3 rings (SSSR count). The summed E-state index contributed by atoms with van der Waals surface area (Å²) in [6.45, 7) is 2.16. The van der Waals surface area contributed by atoms with Gasteiger partial charge >= 0.3 is 0 Å². The molecule has 0 aliphatic heterocycles. The average molecular weight is 460 g/mol. The van der Waals surface area contributed by atoms with E-state index in [9.17, 15) is 13.2 Å². The highest BCUT2D eigenvalue weighted by molar-refractivity contribution is 7.92. The predicted octanol–water partition coefficient (Wildman–Crippen LogP) is 5.53. The van der Waals surface area contributed by atoms with Gasteiger partial charge in [-0.05, 0) is 73.7 Å². The molecule has 8 heteroatoms. The van der Waals surface area contributed by atoms with Crippen molar-refractivity contribution in [3.63, 3.8) is 0 Å². The zero-order chi connectivity index (χ0) is 22.3. The summed E-state index contributed by atoms with van der Waals surface area (Å²) in [5, 5.41) is 4.81. The van der Waals surface area contributed by atoms with Crippen LogP contribution in [-0.2, 0) is 10.0 Å². The molecule has 6 nitrogen and oxygen atoms in total. The average Bonchev–Trinajstić information content (AvgIpc) is 3.21. The van der Waals surface area contributed by atoms with E-state index in [1.165, 1.54) is 30.2 Å². The number of anilines is 1. The van der Waals surface area contributed by atoms with Crippen LogP contribution in [0.2, 0.25) is 5.02 Å². The number of hydrogen-bond acceptors (Lipinski definition) is 4. The van der Waals surface area contributed by atoms with E-state index < -0.39 is 15.9 Å². The van der Waals surface area contributed by atoms with Gasteiger partial charge in [0.25, 0.3) is 15.9 Å². The van der Waals surface area contributed by atoms with Gasteiger partial charge in [-0.15, -0.1) is 0 Å². The van der Waals surface area contributed by atoms with Crippen LogP contribution in [0.15, 0.2) is 70.2 Å². The summed E-state index contributed by atoms with van der Waals surface area (Å²) in [7, 11) is -3.85. The van der Waals surface area contributed by atoms with Gasteiger partial charge in [0.2, 0.25) is 0 Å². The topological polar surface area (TPSA) is 87.6 Å². The van der Waals surface area contributed by atoms with E-state index in [2.05, 4.69) is 28.2 Å². The highest BCUT2D eigenvalue weighted by Crippen LogP contribution is 2.22. The molecule has 0 bridgehead atoms. The van der Waals surface area contributed by atoms with Gasteiger partial charge in [-0.3, -0.25) is 9.52 Å². The number of rotatable bonds is 9. The minimum atomic E-state index is -3.85. The van der Waals surface area contributed by atoms with Crippen molar-refractivity contribution in [3.8, 4) is 0 Å². The molecule has 164 valence electrons. The zero-order valence-corrected chi connectivity index (χ0v) is 19.0. The van der Waals surface area contributed by atoms with Gasteiger partial charge in [-0.25, -0.2) is 13.8 Å². The van der Waals surface area contributed by atoms with Gasteiger partial charge in [0.1, 0.15) is 0 Å². The number of sulfonamides is 1. The number of nitrogens with one attached hydrogen (secondary N) is 2. The summed E-state index contributed by atoms with van der Waals surface area (Å²) in [5.41, 5.74) is 5.27. The summed E-state index contributed by atoms with van der Waals surface area (Å²) < 4.78 is 27.9. The number of amides is 1. The van der Waals surface area contributed by atoms with E-state index in [0.29, 0.717) is 10.7 Å². The second-order valence-electron chi connectivity index (χ2n) is 7.36. The molecular weight excluding hydrogens is 434 g/mol. The van der Waals surface area contributed by atoms with Crippen LogP contribution in [0.4, 0.5) is 5.69 Å². The summed E-state index contributed by atoms with van der Waals surface area (Å²) >= 11 is 5.84. The Morgan fingerprint density at radius 3 is 2.65 bits per heavy atom. The van der Waals surface area contributed by atoms with Crippen molar-refractivity contribution in [1.82, 2.24) is 5.43 Å². The van der Waals surface area contributed by atoms with Gasteiger partial charge < -0.3 is 0 Å². The Balaban J connectivity index is 1.68. The second kappa shape index (κ2) is 10.6. The van der Waals surface area contributed by atoms with Crippen molar-refractivity contribution in [2.45, 2.75) is 50.3 Å². The summed E-state index contributed by atoms with van der Waals surface area (Å²) in [6, 6.07) is 12.2. The number of allylic oxidation sites excluding steroid dienone is 2. The summed E-state index contributed by atoms with van der Waals surface area (Å²) in [4.78, 5) is 12.6. The van der Waals surface area contributed by atoms with E-state index in [1.54, 1.807) is 30.3 Å². The molecule has 0 heterocycles. The Hall–Kier alpha value is -2.64. The standard InChI is InChI=1S/C23H26ClN3O3S/c1-2-3-4-7-17-8-6-11-22(17)25-26-23(28)18-9-5-10-21(16-18)31(29,30)27-20-14-12-19(24)13-15-20/h5,8-10,12-16,27H,2-4,6-7,11H2,1H3,(H,26,28). The predicted molar refractivity (Wildman–Crippen MR) is 125 cm³/mol. The van der Waals surface area contributed by atoms with Crippen LogP contribution >= 0.6 is 11.6 Å². The number of nitrogens with zero attached hydrogens (tertiary/aromatic N) is 1. The number of unbranched alkanes of at least 4 members (excludes halogenated alkanes) is 2. The molecule has 0 aromatic heterocycles. The molecule has 1 amide bonds. The molecule has 31 heavy (non-hydrogen) atoms. The molecule has 1 aliphatic carbocycles. The van der Waals surface area contributed by atoms with Crippen LogP contribution < -0.4 is 10.1 Å². The first kappa shape index (κ1) is 23.0.